The molecule has 0 aliphatic rings. The van der Waals surface area contributed by atoms with Gasteiger partial charge in [0.25, 0.3) is 0 Å². The first kappa shape index (κ1) is 19.0. The van der Waals surface area contributed by atoms with Crippen molar-refractivity contribution in [2.24, 2.45) is 0 Å². The van der Waals surface area contributed by atoms with Gasteiger partial charge in [-0.1, -0.05) is 23.1 Å². The van der Waals surface area contributed by atoms with Crippen LogP contribution in [-0.2, 0) is 4.79 Å². The van der Waals surface area contributed by atoms with Crippen LogP contribution in [0.25, 0.3) is 11.4 Å². The number of hydrogen-bond acceptors (Lipinski definition) is 8. The third-order valence-corrected chi connectivity index (χ3v) is 6.52. The van der Waals surface area contributed by atoms with E-state index in [9.17, 15) is 4.79 Å². The van der Waals surface area contributed by atoms with Gasteiger partial charge < -0.3 is 0 Å². The maximum atomic E-state index is 12.2. The van der Waals surface area contributed by atoms with Crippen LogP contribution < -0.4 is 5.32 Å². The number of hydrogen-bond donors (Lipinski definition) is 1. The summed E-state index contributed by atoms with van der Waals surface area (Å²) in [6.45, 7) is 10.2. The van der Waals surface area contributed by atoms with Gasteiger partial charge in [-0.15, -0.1) is 31.7 Å². The lowest BCUT2D eigenvalue weighted by molar-refractivity contribution is -0.113. The lowest BCUT2D eigenvalue weighted by Gasteiger charge is -2.13. The van der Waals surface area contributed by atoms with Gasteiger partial charge in [-0.25, -0.2) is 0 Å². The second-order valence-corrected chi connectivity index (χ2v) is 9.27. The molecule has 10 heteroatoms. The average Bonchev–Trinajstić information content (AvgIpc) is 3.26. The fraction of sp³-hybridized carbons (Fsp3) is 0.438. The quantitative estimate of drug-likeness (QED) is 0.618. The van der Waals surface area contributed by atoms with E-state index in [1.165, 1.54) is 33.5 Å². The van der Waals surface area contributed by atoms with E-state index in [4.69, 9.17) is 0 Å². The van der Waals surface area contributed by atoms with Gasteiger partial charge in [-0.3, -0.25) is 14.7 Å². The Kier molecular flexibility index (Phi) is 5.73. The number of nitrogens with zero attached hydrogens (tertiary/aromatic N) is 5. The molecule has 26 heavy (non-hydrogen) atoms. The van der Waals surface area contributed by atoms with Crippen molar-refractivity contribution in [3.8, 4) is 11.4 Å². The Labute approximate surface area is 164 Å². The molecule has 0 saturated heterocycles. The molecule has 3 heterocycles. The predicted octanol–water partition coefficient (Wildman–Crippen LogP) is 4.10. The second-order valence-electron chi connectivity index (χ2n) is 6.06. The van der Waals surface area contributed by atoms with Gasteiger partial charge in [0.2, 0.25) is 11.0 Å². The van der Waals surface area contributed by atoms with Crippen LogP contribution in [0.4, 0.5) is 5.13 Å². The molecule has 1 N–H and O–H groups in total. The van der Waals surface area contributed by atoms with Crippen LogP contribution in [0.3, 0.4) is 0 Å². The summed E-state index contributed by atoms with van der Waals surface area (Å²) in [5.74, 6) is 0.962. The highest BCUT2D eigenvalue weighted by molar-refractivity contribution is 7.99. The van der Waals surface area contributed by atoms with Crippen molar-refractivity contribution in [2.45, 2.75) is 45.8 Å². The van der Waals surface area contributed by atoms with Crippen LogP contribution in [0.15, 0.2) is 10.5 Å². The largest absolute Gasteiger partial charge is 0.300 e. The Morgan fingerprint density at radius 3 is 2.58 bits per heavy atom. The van der Waals surface area contributed by atoms with Crippen LogP contribution >= 0.6 is 34.4 Å². The van der Waals surface area contributed by atoms with Gasteiger partial charge in [-0.05, 0) is 40.2 Å². The first-order chi connectivity index (χ1) is 12.4. The van der Waals surface area contributed by atoms with Crippen LogP contribution in [0.1, 0.15) is 35.3 Å². The highest BCUT2D eigenvalue weighted by atomic mass is 32.2. The van der Waals surface area contributed by atoms with Crippen molar-refractivity contribution in [3.05, 3.63) is 20.8 Å². The molecule has 0 bridgehead atoms. The molecule has 0 radical (unpaired) electrons. The van der Waals surface area contributed by atoms with Crippen LogP contribution in [-0.4, -0.2) is 36.6 Å². The van der Waals surface area contributed by atoms with Crippen molar-refractivity contribution < 1.29 is 4.79 Å². The number of amides is 1. The first-order valence-corrected chi connectivity index (χ1v) is 10.8. The van der Waals surface area contributed by atoms with Crippen LogP contribution in [0, 0.1) is 20.8 Å². The zero-order chi connectivity index (χ0) is 18.8. The second kappa shape index (κ2) is 7.85. The van der Waals surface area contributed by atoms with E-state index in [0.29, 0.717) is 5.13 Å². The molecular formula is C16H20N6OS3. The number of anilines is 1. The molecule has 7 nitrogen and oxygen atoms in total. The summed E-state index contributed by atoms with van der Waals surface area (Å²) in [4.78, 5) is 13.4. The molecule has 3 rings (SSSR count). The summed E-state index contributed by atoms with van der Waals surface area (Å²) in [7, 11) is 0. The Bertz CT molecular complexity index is 926. The summed E-state index contributed by atoms with van der Waals surface area (Å²) in [6, 6.07) is 0.191. The number of thiophene rings is 1. The fourth-order valence-electron chi connectivity index (χ4n) is 2.39. The maximum Gasteiger partial charge on any atom is 0.236 e. The minimum absolute atomic E-state index is 0.131. The van der Waals surface area contributed by atoms with Crippen molar-refractivity contribution in [3.63, 3.8) is 0 Å². The number of nitrogens with one attached hydrogen (secondary N) is 1. The van der Waals surface area contributed by atoms with E-state index in [1.807, 2.05) is 6.92 Å². The lowest BCUT2D eigenvalue weighted by atomic mass is 10.1. The average molecular weight is 409 g/mol. The van der Waals surface area contributed by atoms with Crippen molar-refractivity contribution >= 4 is 45.5 Å². The summed E-state index contributed by atoms with van der Waals surface area (Å²) >= 11 is 4.44. The molecule has 0 unspecified atom stereocenters. The van der Waals surface area contributed by atoms with Gasteiger partial charge in [0.1, 0.15) is 5.01 Å². The predicted molar refractivity (Wildman–Crippen MR) is 107 cm³/mol. The Balaban J connectivity index is 1.76. The monoisotopic (exact) mass is 408 g/mol. The SMILES string of the molecule is Cc1nnc(NC(=O)CSc2nnc(-c3csc(C)c3C)n2C(C)C)s1. The number of carbonyl (C=O) groups excluding carboxylic acids is 1. The summed E-state index contributed by atoms with van der Waals surface area (Å²) in [5, 5.41) is 23.5. The number of rotatable bonds is 6. The highest BCUT2D eigenvalue weighted by Gasteiger charge is 2.20. The third-order valence-electron chi connectivity index (χ3n) is 3.81. The zero-order valence-electron chi connectivity index (χ0n) is 15.2. The molecule has 1 amide bonds. The summed E-state index contributed by atoms with van der Waals surface area (Å²) in [6.07, 6.45) is 0. The van der Waals surface area contributed by atoms with E-state index in [2.05, 4.69) is 63.4 Å². The van der Waals surface area contributed by atoms with E-state index in [-0.39, 0.29) is 17.7 Å². The minimum Gasteiger partial charge on any atom is -0.300 e. The summed E-state index contributed by atoms with van der Waals surface area (Å²) < 4.78 is 2.08. The fourth-order valence-corrected chi connectivity index (χ4v) is 4.73. The van der Waals surface area contributed by atoms with E-state index >= 15 is 0 Å². The van der Waals surface area contributed by atoms with Gasteiger partial charge >= 0.3 is 0 Å². The van der Waals surface area contributed by atoms with Gasteiger partial charge in [0.15, 0.2) is 11.0 Å². The normalized spacial score (nSPS) is 11.3. The van der Waals surface area contributed by atoms with Gasteiger partial charge in [0.05, 0.1) is 5.75 Å². The van der Waals surface area contributed by atoms with E-state index in [1.54, 1.807) is 11.3 Å². The molecule has 3 aromatic rings. The molecule has 0 fully saturated rings. The molecule has 3 aromatic heterocycles. The van der Waals surface area contributed by atoms with E-state index in [0.717, 1.165) is 21.6 Å². The molecule has 0 atom stereocenters. The van der Waals surface area contributed by atoms with Crippen molar-refractivity contribution in [2.75, 3.05) is 11.1 Å². The maximum absolute atomic E-state index is 12.2. The molecule has 0 spiro atoms. The third kappa shape index (κ3) is 3.97. The standard InChI is InChI=1S/C16H20N6OS3/c1-8(2)22-14(12-6-24-10(4)9(12)3)19-21-16(22)25-7-13(23)17-15-20-18-11(5)26-15/h6,8H,7H2,1-5H3,(H,17,20,23). The zero-order valence-corrected chi connectivity index (χ0v) is 17.7. The van der Waals surface area contributed by atoms with Crippen LogP contribution in [0.2, 0.25) is 0 Å². The van der Waals surface area contributed by atoms with Gasteiger partial charge in [0, 0.05) is 21.9 Å². The molecule has 0 saturated carbocycles. The molecule has 0 aliphatic carbocycles. The number of carbonyl (C=O) groups is 1. The van der Waals surface area contributed by atoms with Crippen LogP contribution in [0.5, 0.6) is 0 Å². The molecule has 138 valence electrons. The molecule has 0 aliphatic heterocycles. The number of thioether (sulfide) groups is 1. The number of aromatic nitrogens is 5. The minimum atomic E-state index is -0.131. The highest BCUT2D eigenvalue weighted by Crippen LogP contribution is 2.33. The van der Waals surface area contributed by atoms with Crippen molar-refractivity contribution in [1.29, 1.82) is 0 Å². The smallest absolute Gasteiger partial charge is 0.236 e. The number of aryl methyl sites for hydroxylation is 2. The topological polar surface area (TPSA) is 85.6 Å². The van der Waals surface area contributed by atoms with Crippen molar-refractivity contribution in [1.82, 2.24) is 25.0 Å². The first-order valence-electron chi connectivity index (χ1n) is 8.09. The Hall–Kier alpha value is -1.78. The lowest BCUT2D eigenvalue weighted by Crippen LogP contribution is -2.15. The van der Waals surface area contributed by atoms with Gasteiger partial charge in [-0.2, -0.15) is 0 Å². The van der Waals surface area contributed by atoms with E-state index < -0.39 is 0 Å². The Morgan fingerprint density at radius 1 is 1.23 bits per heavy atom. The molecular weight excluding hydrogens is 388 g/mol. The molecule has 0 aromatic carbocycles. The Morgan fingerprint density at radius 2 is 2.00 bits per heavy atom. The summed E-state index contributed by atoms with van der Waals surface area (Å²) in [5.41, 5.74) is 2.33.